The number of aryl methyl sites for hydroxylation is 1. The zero-order chi connectivity index (χ0) is 13.5. The standard InChI is InChI=1S/C11H18N4O3/c1-4-6-7-12-10-9(15(16)17)11(18-3)14-8(5-2)13-10/h4-7H2,1-3H3,(H,12,13,14). The van der Waals surface area contributed by atoms with E-state index >= 15 is 0 Å². The molecule has 0 saturated heterocycles. The van der Waals surface area contributed by atoms with Gasteiger partial charge in [-0.2, -0.15) is 4.98 Å². The van der Waals surface area contributed by atoms with Gasteiger partial charge in [-0.1, -0.05) is 20.3 Å². The number of hydrogen-bond donors (Lipinski definition) is 1. The van der Waals surface area contributed by atoms with Crippen LogP contribution in [0.15, 0.2) is 0 Å². The molecule has 18 heavy (non-hydrogen) atoms. The molecule has 0 unspecified atom stereocenters. The molecule has 100 valence electrons. The summed E-state index contributed by atoms with van der Waals surface area (Å²) in [5.74, 6) is 0.763. The Hall–Kier alpha value is -1.92. The number of aromatic nitrogens is 2. The Kier molecular flexibility index (Phi) is 5.29. The first-order chi connectivity index (χ1) is 8.63. The van der Waals surface area contributed by atoms with Gasteiger partial charge in [0.05, 0.1) is 12.0 Å². The third-order valence-corrected chi connectivity index (χ3v) is 2.41. The Morgan fingerprint density at radius 3 is 2.61 bits per heavy atom. The summed E-state index contributed by atoms with van der Waals surface area (Å²) in [5, 5.41) is 14.0. The van der Waals surface area contributed by atoms with Crippen LogP contribution in [0.1, 0.15) is 32.5 Å². The molecule has 0 atom stereocenters. The Labute approximate surface area is 106 Å². The van der Waals surface area contributed by atoms with E-state index in [1.54, 1.807) is 0 Å². The Balaban J connectivity index is 3.13. The van der Waals surface area contributed by atoms with E-state index in [1.807, 2.05) is 13.8 Å². The van der Waals surface area contributed by atoms with Crippen LogP contribution < -0.4 is 10.1 Å². The lowest BCUT2D eigenvalue weighted by Crippen LogP contribution is -2.10. The van der Waals surface area contributed by atoms with Crippen molar-refractivity contribution in [3.05, 3.63) is 15.9 Å². The highest BCUT2D eigenvalue weighted by atomic mass is 16.6. The van der Waals surface area contributed by atoms with Crippen molar-refractivity contribution in [2.45, 2.75) is 33.1 Å². The third-order valence-electron chi connectivity index (χ3n) is 2.41. The van der Waals surface area contributed by atoms with E-state index in [-0.39, 0.29) is 17.4 Å². The van der Waals surface area contributed by atoms with Gasteiger partial charge in [-0.15, -0.1) is 0 Å². The van der Waals surface area contributed by atoms with Crippen molar-refractivity contribution in [3.8, 4) is 5.88 Å². The molecule has 0 bridgehead atoms. The van der Waals surface area contributed by atoms with E-state index < -0.39 is 4.92 Å². The lowest BCUT2D eigenvalue weighted by Gasteiger charge is -2.09. The van der Waals surface area contributed by atoms with E-state index in [0.29, 0.717) is 18.8 Å². The van der Waals surface area contributed by atoms with Crippen molar-refractivity contribution in [1.29, 1.82) is 0 Å². The second-order valence-corrected chi connectivity index (χ2v) is 3.74. The van der Waals surface area contributed by atoms with Gasteiger partial charge >= 0.3 is 5.69 Å². The SMILES string of the molecule is CCCCNc1nc(CC)nc(OC)c1[N+](=O)[O-]. The van der Waals surface area contributed by atoms with Gasteiger partial charge in [0.1, 0.15) is 5.82 Å². The molecule has 0 aliphatic heterocycles. The molecule has 7 heteroatoms. The predicted octanol–water partition coefficient (Wildman–Crippen LogP) is 2.17. The molecular weight excluding hydrogens is 236 g/mol. The first kappa shape index (κ1) is 14.1. The van der Waals surface area contributed by atoms with Gasteiger partial charge in [0, 0.05) is 13.0 Å². The van der Waals surface area contributed by atoms with Gasteiger partial charge in [-0.3, -0.25) is 10.1 Å². The van der Waals surface area contributed by atoms with Gasteiger partial charge in [-0.05, 0) is 6.42 Å². The summed E-state index contributed by atoms with van der Waals surface area (Å²) in [6, 6.07) is 0. The number of ether oxygens (including phenoxy) is 1. The molecule has 0 aliphatic carbocycles. The summed E-state index contributed by atoms with van der Waals surface area (Å²) in [7, 11) is 1.37. The normalized spacial score (nSPS) is 10.2. The summed E-state index contributed by atoms with van der Waals surface area (Å²) in [6.07, 6.45) is 2.52. The highest BCUT2D eigenvalue weighted by molar-refractivity contribution is 5.61. The average molecular weight is 254 g/mol. The van der Waals surface area contributed by atoms with Gasteiger partial charge in [-0.25, -0.2) is 4.98 Å². The maximum Gasteiger partial charge on any atom is 0.372 e. The summed E-state index contributed by atoms with van der Waals surface area (Å²) >= 11 is 0. The number of nitrogens with one attached hydrogen (secondary N) is 1. The molecule has 0 aliphatic rings. The predicted molar refractivity (Wildman–Crippen MR) is 68.0 cm³/mol. The first-order valence-corrected chi connectivity index (χ1v) is 5.97. The maximum atomic E-state index is 11.0. The second kappa shape index (κ2) is 6.73. The summed E-state index contributed by atoms with van der Waals surface area (Å²) < 4.78 is 4.96. The minimum atomic E-state index is -0.521. The fourth-order valence-corrected chi connectivity index (χ4v) is 1.45. The maximum absolute atomic E-state index is 11.0. The zero-order valence-electron chi connectivity index (χ0n) is 10.9. The molecule has 0 saturated carbocycles. The van der Waals surface area contributed by atoms with Crippen LogP contribution in [0.5, 0.6) is 5.88 Å². The molecule has 0 fully saturated rings. The van der Waals surface area contributed by atoms with Crippen molar-refractivity contribution in [3.63, 3.8) is 0 Å². The molecule has 1 rings (SSSR count). The highest BCUT2D eigenvalue weighted by Crippen LogP contribution is 2.31. The number of anilines is 1. The summed E-state index contributed by atoms with van der Waals surface area (Å²) in [4.78, 5) is 18.7. The second-order valence-electron chi connectivity index (χ2n) is 3.74. The van der Waals surface area contributed by atoms with Crippen molar-refractivity contribution >= 4 is 11.5 Å². The summed E-state index contributed by atoms with van der Waals surface area (Å²) in [6.45, 7) is 4.57. The van der Waals surface area contributed by atoms with Gasteiger partial charge in [0.2, 0.25) is 5.82 Å². The largest absolute Gasteiger partial charge is 0.476 e. The highest BCUT2D eigenvalue weighted by Gasteiger charge is 2.25. The smallest absolute Gasteiger partial charge is 0.372 e. The van der Waals surface area contributed by atoms with Crippen LogP contribution in [-0.2, 0) is 6.42 Å². The van der Waals surface area contributed by atoms with Crippen LogP contribution in [0.25, 0.3) is 0 Å². The Bertz CT molecular complexity index is 423. The molecule has 0 spiro atoms. The van der Waals surface area contributed by atoms with Crippen molar-refractivity contribution < 1.29 is 9.66 Å². The van der Waals surface area contributed by atoms with Crippen molar-refractivity contribution in [2.75, 3.05) is 19.0 Å². The topological polar surface area (TPSA) is 90.2 Å². The number of nitro groups is 1. The molecule has 0 radical (unpaired) electrons. The van der Waals surface area contributed by atoms with Crippen LogP contribution in [0.4, 0.5) is 11.5 Å². The van der Waals surface area contributed by atoms with Crippen LogP contribution in [0, 0.1) is 10.1 Å². The van der Waals surface area contributed by atoms with E-state index in [0.717, 1.165) is 12.8 Å². The molecule has 1 aromatic rings. The minimum Gasteiger partial charge on any atom is -0.476 e. The van der Waals surface area contributed by atoms with Gasteiger partial charge in [0.15, 0.2) is 0 Å². The third kappa shape index (κ3) is 3.28. The monoisotopic (exact) mass is 254 g/mol. The first-order valence-electron chi connectivity index (χ1n) is 5.97. The van der Waals surface area contributed by atoms with Crippen LogP contribution in [0.3, 0.4) is 0 Å². The van der Waals surface area contributed by atoms with E-state index in [4.69, 9.17) is 4.74 Å². The number of unbranched alkanes of at least 4 members (excludes halogenated alkanes) is 1. The zero-order valence-corrected chi connectivity index (χ0v) is 10.9. The van der Waals surface area contributed by atoms with Crippen molar-refractivity contribution in [2.24, 2.45) is 0 Å². The van der Waals surface area contributed by atoms with E-state index in [9.17, 15) is 10.1 Å². The number of methoxy groups -OCH3 is 1. The molecule has 0 amide bonds. The average Bonchev–Trinajstić information content (AvgIpc) is 2.37. The van der Waals surface area contributed by atoms with Crippen LogP contribution in [0.2, 0.25) is 0 Å². The molecule has 0 aromatic carbocycles. The Morgan fingerprint density at radius 2 is 2.11 bits per heavy atom. The van der Waals surface area contributed by atoms with Crippen LogP contribution >= 0.6 is 0 Å². The van der Waals surface area contributed by atoms with Gasteiger partial charge < -0.3 is 10.1 Å². The molecule has 1 N–H and O–H groups in total. The quantitative estimate of drug-likeness (QED) is 0.455. The molecule has 1 aromatic heterocycles. The van der Waals surface area contributed by atoms with E-state index in [1.165, 1.54) is 7.11 Å². The number of rotatable bonds is 7. The van der Waals surface area contributed by atoms with E-state index in [2.05, 4.69) is 15.3 Å². The lowest BCUT2D eigenvalue weighted by molar-refractivity contribution is -0.385. The van der Waals surface area contributed by atoms with Crippen molar-refractivity contribution in [1.82, 2.24) is 9.97 Å². The number of nitrogens with zero attached hydrogens (tertiary/aromatic N) is 3. The fourth-order valence-electron chi connectivity index (χ4n) is 1.45. The Morgan fingerprint density at radius 1 is 1.39 bits per heavy atom. The lowest BCUT2D eigenvalue weighted by atomic mass is 10.3. The molecule has 7 nitrogen and oxygen atoms in total. The minimum absolute atomic E-state index is 0.00542. The molecule has 1 heterocycles. The fraction of sp³-hybridized carbons (Fsp3) is 0.636. The van der Waals surface area contributed by atoms with Crippen LogP contribution in [-0.4, -0.2) is 28.5 Å². The summed E-state index contributed by atoms with van der Waals surface area (Å²) in [5.41, 5.74) is -0.203. The molecular formula is C11H18N4O3. The van der Waals surface area contributed by atoms with Gasteiger partial charge in [0.25, 0.3) is 5.88 Å². The number of hydrogen-bond acceptors (Lipinski definition) is 6.